The summed E-state index contributed by atoms with van der Waals surface area (Å²) >= 11 is 0. The molecular weight excluding hydrogens is 234 g/mol. The van der Waals surface area contributed by atoms with E-state index < -0.39 is 30.8 Å². The topological polar surface area (TPSA) is 159 Å². The van der Waals surface area contributed by atoms with E-state index in [4.69, 9.17) is 15.4 Å². The Hall–Kier alpha value is -1.52. The monoisotopic (exact) mass is 247 g/mol. The van der Waals surface area contributed by atoms with E-state index in [9.17, 15) is 15.0 Å². The van der Waals surface area contributed by atoms with Crippen LogP contribution in [0.2, 0.25) is 0 Å². The van der Waals surface area contributed by atoms with Crippen molar-refractivity contribution in [3.05, 3.63) is 17.7 Å². The second-order valence-corrected chi connectivity index (χ2v) is 3.31. The van der Waals surface area contributed by atoms with E-state index in [0.717, 1.165) is 6.20 Å². The molecule has 0 aliphatic heterocycles. The van der Waals surface area contributed by atoms with Crippen molar-refractivity contribution in [2.75, 3.05) is 6.61 Å². The van der Waals surface area contributed by atoms with Gasteiger partial charge in [-0.1, -0.05) is 0 Å². The van der Waals surface area contributed by atoms with Crippen LogP contribution in [-0.2, 0) is 0 Å². The van der Waals surface area contributed by atoms with E-state index in [1.54, 1.807) is 0 Å². The molecule has 9 nitrogen and oxygen atoms in total. The van der Waals surface area contributed by atoms with Crippen LogP contribution in [0.4, 0.5) is 0 Å². The summed E-state index contributed by atoms with van der Waals surface area (Å²) in [5.41, 5.74) is 1.29. The molecule has 1 aromatic rings. The van der Waals surface area contributed by atoms with Gasteiger partial charge >= 0.3 is 5.91 Å². The highest BCUT2D eigenvalue weighted by molar-refractivity contribution is 5.89. The first-order valence-corrected chi connectivity index (χ1v) is 4.65. The Morgan fingerprint density at radius 2 is 2.12 bits per heavy atom. The lowest BCUT2D eigenvalue weighted by atomic mass is 10.1. The smallest absolute Gasteiger partial charge is 0.310 e. The predicted octanol–water partition coefficient (Wildman–Crippen LogP) is -2.72. The van der Waals surface area contributed by atoms with Gasteiger partial charge in [0.05, 0.1) is 18.5 Å². The summed E-state index contributed by atoms with van der Waals surface area (Å²) in [4.78, 5) is 16.8. The highest BCUT2D eigenvalue weighted by Gasteiger charge is 2.27. The van der Waals surface area contributed by atoms with Gasteiger partial charge in [-0.2, -0.15) is 0 Å². The Bertz CT molecular complexity index is 381. The zero-order chi connectivity index (χ0) is 13.0. The average molecular weight is 247 g/mol. The summed E-state index contributed by atoms with van der Waals surface area (Å²) in [6.07, 6.45) is -3.65. The second kappa shape index (κ2) is 5.70. The number of hydrogen-bond acceptors (Lipinski definition) is 7. The van der Waals surface area contributed by atoms with Gasteiger partial charge in [0.15, 0.2) is 5.82 Å². The normalized spacial score (nSPS) is 16.3. The number of rotatable bonds is 5. The first kappa shape index (κ1) is 13.5. The molecule has 1 rings (SSSR count). The van der Waals surface area contributed by atoms with Gasteiger partial charge in [0, 0.05) is 0 Å². The summed E-state index contributed by atoms with van der Waals surface area (Å²) < 4.78 is 0. The van der Waals surface area contributed by atoms with Gasteiger partial charge in [0.1, 0.15) is 18.3 Å². The lowest BCUT2D eigenvalue weighted by Crippen LogP contribution is -2.35. The first-order valence-electron chi connectivity index (χ1n) is 4.65. The Morgan fingerprint density at radius 1 is 1.47 bits per heavy atom. The van der Waals surface area contributed by atoms with E-state index in [-0.39, 0.29) is 11.5 Å². The van der Waals surface area contributed by atoms with Crippen LogP contribution in [0.1, 0.15) is 22.4 Å². The molecule has 1 amide bonds. The molecule has 3 unspecified atom stereocenters. The maximum absolute atomic E-state index is 10.9. The summed E-state index contributed by atoms with van der Waals surface area (Å²) in [6, 6.07) is 0. The molecule has 0 saturated carbocycles. The van der Waals surface area contributed by atoms with Crippen LogP contribution in [0, 0.1) is 0 Å². The molecule has 7 N–H and O–H groups in total. The quantitative estimate of drug-likeness (QED) is 0.220. The average Bonchev–Trinajstić information content (AvgIpc) is 2.84. The van der Waals surface area contributed by atoms with E-state index in [1.807, 2.05) is 0 Å². The minimum atomic E-state index is -1.63. The van der Waals surface area contributed by atoms with Gasteiger partial charge < -0.3 is 25.4 Å². The molecule has 1 heterocycles. The number of H-pyrrole nitrogens is 1. The summed E-state index contributed by atoms with van der Waals surface area (Å²) in [5.74, 6) is -1.19. The molecule has 9 heteroatoms. The third-order valence-corrected chi connectivity index (χ3v) is 2.14. The van der Waals surface area contributed by atoms with Crippen molar-refractivity contribution in [2.45, 2.75) is 18.3 Å². The highest BCUT2D eigenvalue weighted by Crippen LogP contribution is 2.17. The number of carbonyl (C=O) groups is 1. The number of aliphatic hydroxyl groups excluding tert-OH is 4. The van der Waals surface area contributed by atoms with Gasteiger partial charge in [-0.15, -0.1) is 0 Å². The molecule has 17 heavy (non-hydrogen) atoms. The molecule has 96 valence electrons. The van der Waals surface area contributed by atoms with Crippen LogP contribution in [0.3, 0.4) is 0 Å². The van der Waals surface area contributed by atoms with Crippen LogP contribution >= 0.6 is 0 Å². The molecule has 0 aromatic carbocycles. The Morgan fingerprint density at radius 3 is 2.65 bits per heavy atom. The summed E-state index contributed by atoms with van der Waals surface area (Å²) in [6.45, 7) is -0.726. The predicted molar refractivity (Wildman–Crippen MR) is 51.9 cm³/mol. The van der Waals surface area contributed by atoms with Crippen LogP contribution in [-0.4, -0.2) is 60.3 Å². The minimum Gasteiger partial charge on any atom is -0.394 e. The molecule has 1 aromatic heterocycles. The van der Waals surface area contributed by atoms with E-state index in [2.05, 4.69) is 9.97 Å². The van der Waals surface area contributed by atoms with Crippen molar-refractivity contribution in [1.29, 1.82) is 0 Å². The van der Waals surface area contributed by atoms with Crippen molar-refractivity contribution in [3.63, 3.8) is 0 Å². The number of carbonyl (C=O) groups excluding carboxylic acids is 1. The Balaban J connectivity index is 2.79. The number of amides is 1. The first-order chi connectivity index (χ1) is 8.01. The largest absolute Gasteiger partial charge is 0.394 e. The molecular formula is C8H13N3O6. The van der Waals surface area contributed by atoms with Gasteiger partial charge in [0.2, 0.25) is 0 Å². The zero-order valence-electron chi connectivity index (χ0n) is 8.61. The number of nitrogens with one attached hydrogen (secondary N) is 2. The molecule has 0 saturated heterocycles. The van der Waals surface area contributed by atoms with E-state index in [0.29, 0.717) is 0 Å². The SMILES string of the molecule is O=C(NO)c1ncc(C(O)C(O)C(O)CO)[nH]1. The number of imidazole rings is 1. The molecule has 0 aliphatic carbocycles. The summed E-state index contributed by atoms with van der Waals surface area (Å²) in [5, 5.41) is 45.0. The maximum Gasteiger partial charge on any atom is 0.310 e. The fraction of sp³-hybridized carbons (Fsp3) is 0.500. The number of aliphatic hydroxyl groups is 4. The van der Waals surface area contributed by atoms with Crippen molar-refractivity contribution >= 4 is 5.91 Å². The molecule has 0 radical (unpaired) electrons. The molecule has 0 fully saturated rings. The number of aromatic nitrogens is 2. The molecule has 3 atom stereocenters. The third kappa shape index (κ3) is 2.99. The molecule has 0 aliphatic rings. The van der Waals surface area contributed by atoms with Crippen LogP contribution < -0.4 is 5.48 Å². The van der Waals surface area contributed by atoms with Crippen molar-refractivity contribution in [2.24, 2.45) is 0 Å². The summed E-state index contributed by atoms with van der Waals surface area (Å²) in [7, 11) is 0. The third-order valence-electron chi connectivity index (χ3n) is 2.14. The maximum atomic E-state index is 10.9. The molecule has 0 bridgehead atoms. The number of aromatic amines is 1. The fourth-order valence-electron chi connectivity index (χ4n) is 1.16. The number of nitrogens with zero attached hydrogens (tertiary/aromatic N) is 1. The van der Waals surface area contributed by atoms with Crippen LogP contribution in [0.25, 0.3) is 0 Å². The standard InChI is InChI=1S/C8H13N3O6/c12-2-4(13)6(15)5(14)3-1-9-7(10-3)8(16)11-17/h1,4-6,12-15,17H,2H2,(H,9,10)(H,11,16). The highest BCUT2D eigenvalue weighted by atomic mass is 16.5. The van der Waals surface area contributed by atoms with Crippen molar-refractivity contribution in [1.82, 2.24) is 15.4 Å². The van der Waals surface area contributed by atoms with Gasteiger partial charge in [0.25, 0.3) is 0 Å². The van der Waals surface area contributed by atoms with Crippen LogP contribution in [0.15, 0.2) is 6.20 Å². The Kier molecular flexibility index (Phi) is 4.54. The fourth-order valence-corrected chi connectivity index (χ4v) is 1.16. The lowest BCUT2D eigenvalue weighted by Gasteiger charge is -2.20. The Labute approximate surface area is 95.3 Å². The van der Waals surface area contributed by atoms with Crippen molar-refractivity contribution < 1.29 is 30.4 Å². The van der Waals surface area contributed by atoms with Gasteiger partial charge in [-0.3, -0.25) is 10.0 Å². The number of hydroxylamine groups is 1. The number of hydrogen-bond donors (Lipinski definition) is 7. The van der Waals surface area contributed by atoms with Gasteiger partial charge in [-0.25, -0.2) is 10.5 Å². The van der Waals surface area contributed by atoms with Gasteiger partial charge in [-0.05, 0) is 0 Å². The van der Waals surface area contributed by atoms with Crippen LogP contribution in [0.5, 0.6) is 0 Å². The lowest BCUT2D eigenvalue weighted by molar-refractivity contribution is -0.0788. The second-order valence-electron chi connectivity index (χ2n) is 3.31. The van der Waals surface area contributed by atoms with E-state index in [1.165, 1.54) is 5.48 Å². The van der Waals surface area contributed by atoms with E-state index >= 15 is 0 Å². The van der Waals surface area contributed by atoms with Crippen molar-refractivity contribution in [3.8, 4) is 0 Å². The zero-order valence-corrected chi connectivity index (χ0v) is 8.61. The minimum absolute atomic E-state index is 0.0383. The molecule has 0 spiro atoms.